The van der Waals surface area contributed by atoms with Gasteiger partial charge in [0.2, 0.25) is 0 Å². The topological polar surface area (TPSA) is 26.5 Å². The van der Waals surface area contributed by atoms with Gasteiger partial charge in [0.05, 0.1) is 31.3 Å². The van der Waals surface area contributed by atoms with Gasteiger partial charge in [-0.1, -0.05) is 20.8 Å². The summed E-state index contributed by atoms with van der Waals surface area (Å²) < 4.78 is 7.28. The molecular formula is C12H16N2O. The molecule has 0 saturated heterocycles. The van der Waals surface area contributed by atoms with Gasteiger partial charge in [-0.05, 0) is 17.0 Å². The van der Waals surface area contributed by atoms with Crippen LogP contribution >= 0.6 is 0 Å². The molecule has 0 amide bonds. The van der Waals surface area contributed by atoms with Gasteiger partial charge in [0.25, 0.3) is 0 Å². The second kappa shape index (κ2) is 3.26. The Balaban J connectivity index is 2.74. The van der Waals surface area contributed by atoms with Crippen LogP contribution in [0.25, 0.3) is 5.52 Å². The summed E-state index contributed by atoms with van der Waals surface area (Å²) in [6.45, 7) is 6.57. The van der Waals surface area contributed by atoms with Crippen molar-refractivity contribution in [1.82, 2.24) is 9.38 Å². The molecule has 15 heavy (non-hydrogen) atoms. The van der Waals surface area contributed by atoms with E-state index < -0.39 is 0 Å². The van der Waals surface area contributed by atoms with Crippen molar-refractivity contribution in [2.45, 2.75) is 26.2 Å². The summed E-state index contributed by atoms with van der Waals surface area (Å²) >= 11 is 0. The number of pyridine rings is 1. The summed E-state index contributed by atoms with van der Waals surface area (Å²) in [6, 6.07) is 2.08. The van der Waals surface area contributed by atoms with Crippen molar-refractivity contribution in [1.29, 1.82) is 0 Å². The number of methoxy groups -OCH3 is 1. The number of rotatable bonds is 1. The molecular weight excluding hydrogens is 188 g/mol. The van der Waals surface area contributed by atoms with E-state index in [1.165, 1.54) is 5.56 Å². The van der Waals surface area contributed by atoms with E-state index in [1.807, 2.05) is 16.8 Å². The Kier molecular flexibility index (Phi) is 2.18. The molecule has 0 aliphatic rings. The Hall–Kier alpha value is -1.51. The summed E-state index contributed by atoms with van der Waals surface area (Å²) in [5.41, 5.74) is 2.48. The number of nitrogens with zero attached hydrogens (tertiary/aromatic N) is 2. The minimum absolute atomic E-state index is 0.0931. The average Bonchev–Trinajstić information content (AvgIpc) is 2.61. The number of aromatic nitrogens is 2. The van der Waals surface area contributed by atoms with Gasteiger partial charge >= 0.3 is 0 Å². The lowest BCUT2D eigenvalue weighted by Gasteiger charge is -2.21. The fraction of sp³-hybridized carbons (Fsp3) is 0.417. The van der Waals surface area contributed by atoms with E-state index in [0.29, 0.717) is 0 Å². The molecule has 2 heterocycles. The number of fused-ring (bicyclic) bond motifs is 1. The number of hydrogen-bond acceptors (Lipinski definition) is 2. The van der Waals surface area contributed by atoms with Gasteiger partial charge in [0.15, 0.2) is 0 Å². The van der Waals surface area contributed by atoms with Crippen molar-refractivity contribution in [3.63, 3.8) is 0 Å². The van der Waals surface area contributed by atoms with Gasteiger partial charge in [-0.3, -0.25) is 0 Å². The van der Waals surface area contributed by atoms with Crippen molar-refractivity contribution in [2.24, 2.45) is 0 Å². The second-order valence-electron chi connectivity index (χ2n) is 4.73. The molecule has 3 nitrogen and oxygen atoms in total. The van der Waals surface area contributed by atoms with Crippen LogP contribution in [0.5, 0.6) is 5.75 Å². The predicted molar refractivity (Wildman–Crippen MR) is 60.4 cm³/mol. The Morgan fingerprint density at radius 2 is 2.07 bits per heavy atom. The van der Waals surface area contributed by atoms with Crippen molar-refractivity contribution in [3.05, 3.63) is 30.4 Å². The standard InChI is InChI=1S/C12H16N2O/c1-12(2,3)10-5-9(15-4)7-14-8-13-6-11(10)14/h5-8H,1-4H3. The summed E-state index contributed by atoms with van der Waals surface area (Å²) in [6.07, 6.45) is 5.63. The van der Waals surface area contributed by atoms with Crippen LogP contribution in [0.3, 0.4) is 0 Å². The molecule has 0 spiro atoms. The third-order valence-electron chi connectivity index (χ3n) is 2.54. The molecule has 0 aromatic carbocycles. The van der Waals surface area contributed by atoms with Crippen LogP contribution in [0.15, 0.2) is 24.8 Å². The largest absolute Gasteiger partial charge is 0.495 e. The van der Waals surface area contributed by atoms with Crippen LogP contribution in [-0.4, -0.2) is 16.5 Å². The number of ether oxygens (including phenoxy) is 1. The molecule has 80 valence electrons. The first kappa shape index (κ1) is 10.0. The van der Waals surface area contributed by atoms with E-state index in [-0.39, 0.29) is 5.41 Å². The van der Waals surface area contributed by atoms with Crippen molar-refractivity contribution < 1.29 is 4.74 Å². The highest BCUT2D eigenvalue weighted by atomic mass is 16.5. The lowest BCUT2D eigenvalue weighted by molar-refractivity contribution is 0.410. The number of imidazole rings is 1. The van der Waals surface area contributed by atoms with E-state index in [0.717, 1.165) is 11.3 Å². The first-order chi connectivity index (χ1) is 7.02. The molecule has 0 unspecified atom stereocenters. The molecule has 0 bridgehead atoms. The fourth-order valence-corrected chi connectivity index (χ4v) is 1.72. The molecule has 0 saturated carbocycles. The maximum atomic E-state index is 5.28. The molecule has 0 aliphatic carbocycles. The summed E-state index contributed by atoms with van der Waals surface area (Å²) in [4.78, 5) is 4.16. The Morgan fingerprint density at radius 3 is 2.67 bits per heavy atom. The molecule has 2 aromatic heterocycles. The Labute approximate surface area is 89.7 Å². The quantitative estimate of drug-likeness (QED) is 0.714. The van der Waals surface area contributed by atoms with Crippen molar-refractivity contribution in [3.8, 4) is 5.75 Å². The highest BCUT2D eigenvalue weighted by molar-refractivity contribution is 5.58. The van der Waals surface area contributed by atoms with Crippen LogP contribution in [-0.2, 0) is 5.41 Å². The first-order valence-corrected chi connectivity index (χ1v) is 5.02. The third-order valence-corrected chi connectivity index (χ3v) is 2.54. The molecule has 0 N–H and O–H groups in total. The van der Waals surface area contributed by atoms with E-state index in [1.54, 1.807) is 13.4 Å². The summed E-state index contributed by atoms with van der Waals surface area (Å²) in [5.74, 6) is 0.866. The second-order valence-corrected chi connectivity index (χ2v) is 4.73. The molecule has 0 aliphatic heterocycles. The fourth-order valence-electron chi connectivity index (χ4n) is 1.72. The van der Waals surface area contributed by atoms with E-state index in [4.69, 9.17) is 4.74 Å². The molecule has 0 atom stereocenters. The van der Waals surface area contributed by atoms with Crippen molar-refractivity contribution in [2.75, 3.05) is 7.11 Å². The smallest absolute Gasteiger partial charge is 0.135 e. The zero-order valence-corrected chi connectivity index (χ0v) is 9.61. The zero-order chi connectivity index (χ0) is 11.1. The summed E-state index contributed by atoms with van der Waals surface area (Å²) in [5, 5.41) is 0. The maximum absolute atomic E-state index is 5.28. The van der Waals surface area contributed by atoms with Gasteiger partial charge in [-0.15, -0.1) is 0 Å². The van der Waals surface area contributed by atoms with Crippen LogP contribution in [0, 0.1) is 0 Å². The van der Waals surface area contributed by atoms with Crippen LogP contribution in [0.1, 0.15) is 26.3 Å². The SMILES string of the molecule is COc1cc(C(C)(C)C)c2cncn2c1. The van der Waals surface area contributed by atoms with E-state index in [2.05, 4.69) is 31.8 Å². The molecule has 2 aromatic rings. The van der Waals surface area contributed by atoms with Gasteiger partial charge in [-0.2, -0.15) is 0 Å². The average molecular weight is 204 g/mol. The Bertz CT molecular complexity index is 480. The molecule has 0 radical (unpaired) electrons. The minimum atomic E-state index is 0.0931. The van der Waals surface area contributed by atoms with Gasteiger partial charge in [0.1, 0.15) is 5.75 Å². The van der Waals surface area contributed by atoms with E-state index in [9.17, 15) is 0 Å². The lowest BCUT2D eigenvalue weighted by Crippen LogP contribution is -2.12. The third kappa shape index (κ3) is 1.69. The van der Waals surface area contributed by atoms with Crippen molar-refractivity contribution >= 4 is 5.52 Å². The number of hydrogen-bond donors (Lipinski definition) is 0. The van der Waals surface area contributed by atoms with Gasteiger partial charge < -0.3 is 9.14 Å². The van der Waals surface area contributed by atoms with Crippen LogP contribution < -0.4 is 4.74 Å². The molecule has 3 heteroatoms. The van der Waals surface area contributed by atoms with Crippen LogP contribution in [0.2, 0.25) is 0 Å². The Morgan fingerprint density at radius 1 is 1.33 bits per heavy atom. The highest BCUT2D eigenvalue weighted by Crippen LogP contribution is 2.29. The van der Waals surface area contributed by atoms with Gasteiger partial charge in [-0.25, -0.2) is 4.98 Å². The van der Waals surface area contributed by atoms with E-state index >= 15 is 0 Å². The van der Waals surface area contributed by atoms with Crippen LogP contribution in [0.4, 0.5) is 0 Å². The van der Waals surface area contributed by atoms with Gasteiger partial charge in [0, 0.05) is 0 Å². The first-order valence-electron chi connectivity index (χ1n) is 5.02. The monoisotopic (exact) mass is 204 g/mol. The molecule has 2 rings (SSSR count). The zero-order valence-electron chi connectivity index (χ0n) is 9.61. The predicted octanol–water partition coefficient (Wildman–Crippen LogP) is 2.64. The highest BCUT2D eigenvalue weighted by Gasteiger charge is 2.18. The summed E-state index contributed by atoms with van der Waals surface area (Å²) in [7, 11) is 1.69. The molecule has 0 fully saturated rings. The minimum Gasteiger partial charge on any atom is -0.495 e. The maximum Gasteiger partial charge on any atom is 0.135 e. The lowest BCUT2D eigenvalue weighted by atomic mass is 9.87. The normalized spacial score (nSPS) is 12.0.